The van der Waals surface area contributed by atoms with Gasteiger partial charge in [-0.3, -0.25) is 4.79 Å². The van der Waals surface area contributed by atoms with E-state index >= 15 is 0 Å². The standard InChI is InChI=1S/C9H13N5O/c1-9(2)4-6(3-7(15)5-9)10-8-11-13-14-12-8/h3-5H2,1-2H3,(H,11,12,13,14). The van der Waals surface area contributed by atoms with E-state index in [0.29, 0.717) is 18.8 Å². The molecule has 0 saturated heterocycles. The number of Topliss-reactive ketones (excluding diaryl/α,β-unsaturated/α-hetero) is 1. The van der Waals surface area contributed by atoms with E-state index in [1.807, 2.05) is 0 Å². The molecular formula is C9H13N5O. The number of carbonyl (C=O) groups is 1. The van der Waals surface area contributed by atoms with Crippen LogP contribution in [0.5, 0.6) is 0 Å². The van der Waals surface area contributed by atoms with Crippen LogP contribution in [0.2, 0.25) is 0 Å². The first-order chi connectivity index (χ1) is 7.05. The second kappa shape index (κ2) is 3.52. The zero-order valence-electron chi connectivity index (χ0n) is 8.82. The fraction of sp³-hybridized carbons (Fsp3) is 0.667. The number of hydrogen-bond donors (Lipinski definition) is 1. The number of nitrogens with zero attached hydrogens (tertiary/aromatic N) is 4. The molecule has 0 bridgehead atoms. The van der Waals surface area contributed by atoms with Crippen LogP contribution in [0.25, 0.3) is 0 Å². The zero-order valence-corrected chi connectivity index (χ0v) is 8.82. The van der Waals surface area contributed by atoms with Crippen molar-refractivity contribution < 1.29 is 4.79 Å². The highest BCUT2D eigenvalue weighted by Crippen LogP contribution is 2.32. The molecule has 0 aromatic carbocycles. The number of aromatic amines is 1. The second-order valence-electron chi connectivity index (χ2n) is 4.62. The highest BCUT2D eigenvalue weighted by molar-refractivity contribution is 6.05. The molecule has 0 unspecified atom stereocenters. The molecule has 1 N–H and O–H groups in total. The summed E-state index contributed by atoms with van der Waals surface area (Å²) in [7, 11) is 0. The smallest absolute Gasteiger partial charge is 0.288 e. The second-order valence-corrected chi connectivity index (χ2v) is 4.62. The van der Waals surface area contributed by atoms with Crippen molar-refractivity contribution in [3.05, 3.63) is 0 Å². The lowest BCUT2D eigenvalue weighted by Gasteiger charge is -2.28. The maximum atomic E-state index is 11.5. The quantitative estimate of drug-likeness (QED) is 0.746. The number of aromatic nitrogens is 4. The molecule has 0 spiro atoms. The van der Waals surface area contributed by atoms with Gasteiger partial charge in [0.05, 0.1) is 0 Å². The van der Waals surface area contributed by atoms with Gasteiger partial charge in [0.2, 0.25) is 0 Å². The van der Waals surface area contributed by atoms with Crippen LogP contribution >= 0.6 is 0 Å². The lowest BCUT2D eigenvalue weighted by Crippen LogP contribution is -2.28. The van der Waals surface area contributed by atoms with Crippen molar-refractivity contribution >= 4 is 17.4 Å². The van der Waals surface area contributed by atoms with Gasteiger partial charge in [-0.15, -0.1) is 5.10 Å². The van der Waals surface area contributed by atoms with Crippen LogP contribution in [0.4, 0.5) is 5.95 Å². The molecule has 1 heterocycles. The molecule has 1 aliphatic rings. The van der Waals surface area contributed by atoms with Crippen LogP contribution in [-0.4, -0.2) is 32.1 Å². The van der Waals surface area contributed by atoms with Gasteiger partial charge in [0.15, 0.2) is 0 Å². The molecule has 0 atom stereocenters. The highest BCUT2D eigenvalue weighted by atomic mass is 16.1. The van der Waals surface area contributed by atoms with Crippen molar-refractivity contribution in [3.63, 3.8) is 0 Å². The number of nitrogens with one attached hydrogen (secondary N) is 1. The van der Waals surface area contributed by atoms with Crippen molar-refractivity contribution in [1.82, 2.24) is 20.6 Å². The first kappa shape index (κ1) is 9.95. The SMILES string of the molecule is CC1(C)CC(=O)CC(=Nc2nn[nH]n2)C1. The zero-order chi connectivity index (χ0) is 10.9. The molecule has 6 heteroatoms. The molecular weight excluding hydrogens is 194 g/mol. The van der Waals surface area contributed by atoms with Crippen molar-refractivity contribution in [3.8, 4) is 0 Å². The van der Waals surface area contributed by atoms with Crippen molar-refractivity contribution in [2.75, 3.05) is 0 Å². The molecule has 2 rings (SSSR count). The third-order valence-electron chi connectivity index (χ3n) is 2.35. The van der Waals surface area contributed by atoms with Crippen LogP contribution in [0, 0.1) is 5.41 Å². The van der Waals surface area contributed by atoms with E-state index in [1.165, 1.54) is 0 Å². The van der Waals surface area contributed by atoms with Crippen LogP contribution in [-0.2, 0) is 4.79 Å². The number of H-pyrrole nitrogens is 1. The van der Waals surface area contributed by atoms with Gasteiger partial charge in [0.1, 0.15) is 5.78 Å². The fourth-order valence-electron chi connectivity index (χ4n) is 1.93. The summed E-state index contributed by atoms with van der Waals surface area (Å²) in [6, 6.07) is 0. The average Bonchev–Trinajstić information content (AvgIpc) is 2.52. The van der Waals surface area contributed by atoms with E-state index in [0.717, 1.165) is 12.1 Å². The van der Waals surface area contributed by atoms with Crippen LogP contribution in [0.3, 0.4) is 0 Å². The Morgan fingerprint density at radius 2 is 2.20 bits per heavy atom. The van der Waals surface area contributed by atoms with E-state index in [4.69, 9.17) is 0 Å². The summed E-state index contributed by atoms with van der Waals surface area (Å²) in [5.74, 6) is 0.531. The Labute approximate surface area is 87.2 Å². The topological polar surface area (TPSA) is 83.9 Å². The van der Waals surface area contributed by atoms with Crippen LogP contribution in [0.1, 0.15) is 33.1 Å². The third-order valence-corrected chi connectivity index (χ3v) is 2.35. The lowest BCUT2D eigenvalue weighted by molar-refractivity contribution is -0.120. The van der Waals surface area contributed by atoms with Gasteiger partial charge < -0.3 is 0 Å². The molecule has 1 saturated carbocycles. The van der Waals surface area contributed by atoms with Gasteiger partial charge in [-0.25, -0.2) is 4.99 Å². The normalized spacial score (nSPS) is 23.3. The Morgan fingerprint density at radius 1 is 1.40 bits per heavy atom. The van der Waals surface area contributed by atoms with Gasteiger partial charge in [0, 0.05) is 18.6 Å². The first-order valence-corrected chi connectivity index (χ1v) is 4.87. The van der Waals surface area contributed by atoms with Gasteiger partial charge in [-0.05, 0) is 17.0 Å². The Morgan fingerprint density at radius 3 is 2.80 bits per heavy atom. The maximum absolute atomic E-state index is 11.5. The third kappa shape index (κ3) is 2.45. The summed E-state index contributed by atoms with van der Waals surface area (Å²) in [5, 5.41) is 13.2. The largest absolute Gasteiger partial charge is 0.299 e. The van der Waals surface area contributed by atoms with E-state index in [-0.39, 0.29) is 11.2 Å². The summed E-state index contributed by atoms with van der Waals surface area (Å²) in [6.07, 6.45) is 1.85. The number of aliphatic imine (C=N–C) groups is 1. The first-order valence-electron chi connectivity index (χ1n) is 4.87. The molecule has 6 nitrogen and oxygen atoms in total. The van der Waals surface area contributed by atoms with E-state index < -0.39 is 0 Å². The summed E-state index contributed by atoms with van der Waals surface area (Å²) < 4.78 is 0. The number of rotatable bonds is 1. The van der Waals surface area contributed by atoms with Crippen molar-refractivity contribution in [1.29, 1.82) is 0 Å². The molecule has 0 amide bonds. The van der Waals surface area contributed by atoms with Gasteiger partial charge in [-0.2, -0.15) is 5.21 Å². The Bertz CT molecular complexity index is 393. The molecule has 1 aromatic rings. The summed E-state index contributed by atoms with van der Waals surface area (Å²) in [5.41, 5.74) is 0.843. The minimum atomic E-state index is -0.00208. The molecule has 1 fully saturated rings. The summed E-state index contributed by atoms with van der Waals surface area (Å²) in [4.78, 5) is 15.7. The average molecular weight is 207 g/mol. The number of carbonyl (C=O) groups excluding carboxylic acids is 1. The highest BCUT2D eigenvalue weighted by Gasteiger charge is 2.30. The fourth-order valence-corrected chi connectivity index (χ4v) is 1.93. The number of ketones is 1. The van der Waals surface area contributed by atoms with E-state index in [9.17, 15) is 4.79 Å². The molecule has 0 aliphatic heterocycles. The van der Waals surface area contributed by atoms with E-state index in [1.54, 1.807) is 0 Å². The van der Waals surface area contributed by atoms with Crippen LogP contribution in [0.15, 0.2) is 4.99 Å². The molecule has 80 valence electrons. The van der Waals surface area contributed by atoms with Gasteiger partial charge in [-0.1, -0.05) is 18.9 Å². The lowest BCUT2D eigenvalue weighted by atomic mass is 9.76. The minimum Gasteiger partial charge on any atom is -0.299 e. The van der Waals surface area contributed by atoms with Crippen molar-refractivity contribution in [2.24, 2.45) is 10.4 Å². The minimum absolute atomic E-state index is 0.00208. The van der Waals surface area contributed by atoms with Gasteiger partial charge in [0.25, 0.3) is 5.95 Å². The monoisotopic (exact) mass is 207 g/mol. The molecule has 0 radical (unpaired) electrons. The number of hydrogen-bond acceptors (Lipinski definition) is 5. The predicted octanol–water partition coefficient (Wildman–Crippen LogP) is 1.05. The molecule has 15 heavy (non-hydrogen) atoms. The van der Waals surface area contributed by atoms with Crippen LogP contribution < -0.4 is 0 Å². The predicted molar refractivity (Wildman–Crippen MR) is 53.9 cm³/mol. The van der Waals surface area contributed by atoms with E-state index in [2.05, 4.69) is 39.5 Å². The Hall–Kier alpha value is -1.59. The van der Waals surface area contributed by atoms with Crippen molar-refractivity contribution in [2.45, 2.75) is 33.1 Å². The Balaban J connectivity index is 2.20. The number of tetrazole rings is 1. The Kier molecular flexibility index (Phi) is 2.34. The summed E-state index contributed by atoms with van der Waals surface area (Å²) in [6.45, 7) is 4.13. The molecule has 1 aromatic heterocycles. The van der Waals surface area contributed by atoms with Gasteiger partial charge >= 0.3 is 0 Å². The maximum Gasteiger partial charge on any atom is 0.288 e. The summed E-state index contributed by atoms with van der Waals surface area (Å²) >= 11 is 0. The molecule has 1 aliphatic carbocycles.